The number of ether oxygens (including phenoxy) is 2. The standard InChI is InChI=1S/C22H26N4O5S/c1-13-8-15(32(5,28)29)6-7-17(13)30-18-9-14(10-19-16(18)11-22(2,3)31-19)21(27)24-20-12-23-26(4)25-20/h6-10,12-13,17H,11H2,1-5H3,(H,24,25,27). The topological polar surface area (TPSA) is 112 Å². The highest BCUT2D eigenvalue weighted by atomic mass is 32.2. The van der Waals surface area contributed by atoms with Gasteiger partial charge in [-0.15, -0.1) is 5.10 Å². The van der Waals surface area contributed by atoms with Crippen molar-refractivity contribution in [3.8, 4) is 11.5 Å². The van der Waals surface area contributed by atoms with Crippen molar-refractivity contribution < 1.29 is 22.7 Å². The van der Waals surface area contributed by atoms with E-state index in [0.717, 1.165) is 5.56 Å². The monoisotopic (exact) mass is 458 g/mol. The molecule has 0 saturated heterocycles. The van der Waals surface area contributed by atoms with Crippen LogP contribution in [0.4, 0.5) is 5.82 Å². The second-order valence-electron chi connectivity index (χ2n) is 8.80. The fourth-order valence-electron chi connectivity index (χ4n) is 3.79. The molecule has 10 heteroatoms. The van der Waals surface area contributed by atoms with E-state index in [1.54, 1.807) is 37.4 Å². The van der Waals surface area contributed by atoms with Crippen molar-refractivity contribution in [1.29, 1.82) is 0 Å². The molecular weight excluding hydrogens is 432 g/mol. The van der Waals surface area contributed by atoms with Crippen LogP contribution in [0.5, 0.6) is 11.5 Å². The molecule has 1 amide bonds. The minimum Gasteiger partial charge on any atom is -0.487 e. The van der Waals surface area contributed by atoms with Crippen LogP contribution in [0.15, 0.2) is 41.5 Å². The number of rotatable bonds is 5. The summed E-state index contributed by atoms with van der Waals surface area (Å²) in [5.41, 5.74) is 0.809. The van der Waals surface area contributed by atoms with Gasteiger partial charge < -0.3 is 14.8 Å². The average Bonchev–Trinajstić information content (AvgIpc) is 3.23. The van der Waals surface area contributed by atoms with E-state index < -0.39 is 15.4 Å². The predicted octanol–water partition coefficient (Wildman–Crippen LogP) is 2.66. The zero-order valence-electron chi connectivity index (χ0n) is 18.6. The zero-order chi connectivity index (χ0) is 23.3. The number of carbonyl (C=O) groups is 1. The summed E-state index contributed by atoms with van der Waals surface area (Å²) in [6.07, 6.45) is 7.87. The first-order chi connectivity index (χ1) is 14.9. The molecule has 0 saturated carbocycles. The van der Waals surface area contributed by atoms with Crippen LogP contribution in [0.2, 0.25) is 0 Å². The largest absolute Gasteiger partial charge is 0.487 e. The summed E-state index contributed by atoms with van der Waals surface area (Å²) in [6, 6.07) is 3.39. The molecular formula is C22H26N4O5S. The van der Waals surface area contributed by atoms with Gasteiger partial charge in [0.2, 0.25) is 0 Å². The van der Waals surface area contributed by atoms with Gasteiger partial charge in [-0.2, -0.15) is 9.90 Å². The molecule has 32 heavy (non-hydrogen) atoms. The molecule has 1 aliphatic carbocycles. The van der Waals surface area contributed by atoms with E-state index in [2.05, 4.69) is 15.5 Å². The first kappa shape index (κ1) is 22.1. The molecule has 170 valence electrons. The van der Waals surface area contributed by atoms with Crippen molar-refractivity contribution in [3.05, 3.63) is 52.6 Å². The highest BCUT2D eigenvalue weighted by Crippen LogP contribution is 2.42. The molecule has 0 bridgehead atoms. The number of allylic oxidation sites excluding steroid dienone is 1. The normalized spacial score (nSPS) is 21.5. The van der Waals surface area contributed by atoms with Crippen molar-refractivity contribution >= 4 is 21.6 Å². The molecule has 1 aliphatic heterocycles. The second-order valence-corrected chi connectivity index (χ2v) is 10.8. The van der Waals surface area contributed by atoms with Gasteiger partial charge in [-0.3, -0.25) is 4.79 Å². The minimum absolute atomic E-state index is 0.173. The number of sulfone groups is 1. The lowest BCUT2D eigenvalue weighted by molar-refractivity contribution is 0.102. The van der Waals surface area contributed by atoms with Gasteiger partial charge >= 0.3 is 0 Å². The maximum absolute atomic E-state index is 12.9. The van der Waals surface area contributed by atoms with Crippen molar-refractivity contribution in [1.82, 2.24) is 15.0 Å². The maximum atomic E-state index is 12.9. The Morgan fingerprint density at radius 3 is 2.72 bits per heavy atom. The number of hydrogen-bond donors (Lipinski definition) is 1. The van der Waals surface area contributed by atoms with Gasteiger partial charge in [-0.25, -0.2) is 8.42 Å². The Morgan fingerprint density at radius 1 is 1.34 bits per heavy atom. The van der Waals surface area contributed by atoms with Crippen molar-refractivity contribution in [3.63, 3.8) is 0 Å². The molecule has 1 N–H and O–H groups in total. The van der Waals surface area contributed by atoms with Crippen LogP contribution in [-0.4, -0.2) is 47.3 Å². The van der Waals surface area contributed by atoms with E-state index in [0.29, 0.717) is 29.3 Å². The van der Waals surface area contributed by atoms with Crippen molar-refractivity contribution in [2.75, 3.05) is 11.6 Å². The van der Waals surface area contributed by atoms with Gasteiger partial charge in [-0.05, 0) is 38.1 Å². The van der Waals surface area contributed by atoms with E-state index in [4.69, 9.17) is 9.47 Å². The molecule has 2 aromatic rings. The number of nitrogens with zero attached hydrogens (tertiary/aromatic N) is 3. The molecule has 0 fully saturated rings. The molecule has 0 radical (unpaired) electrons. The molecule has 9 nitrogen and oxygen atoms in total. The number of aromatic nitrogens is 3. The summed E-state index contributed by atoms with van der Waals surface area (Å²) >= 11 is 0. The van der Waals surface area contributed by atoms with Gasteiger partial charge in [0.05, 0.1) is 11.1 Å². The first-order valence-corrected chi connectivity index (χ1v) is 12.1. The van der Waals surface area contributed by atoms with Gasteiger partial charge in [-0.1, -0.05) is 13.0 Å². The summed E-state index contributed by atoms with van der Waals surface area (Å²) in [7, 11) is -1.63. The third-order valence-corrected chi connectivity index (χ3v) is 6.48. The van der Waals surface area contributed by atoms with Gasteiger partial charge in [0.15, 0.2) is 15.7 Å². The number of amides is 1. The Hall–Kier alpha value is -3.14. The van der Waals surface area contributed by atoms with E-state index in [1.165, 1.54) is 17.2 Å². The molecule has 1 aromatic carbocycles. The lowest BCUT2D eigenvalue weighted by atomic mass is 9.97. The Kier molecular flexibility index (Phi) is 5.36. The lowest BCUT2D eigenvalue weighted by Crippen LogP contribution is -2.26. The zero-order valence-corrected chi connectivity index (χ0v) is 19.4. The molecule has 2 unspecified atom stereocenters. The predicted molar refractivity (Wildman–Crippen MR) is 119 cm³/mol. The summed E-state index contributed by atoms with van der Waals surface area (Å²) in [6.45, 7) is 5.84. The van der Waals surface area contributed by atoms with Gasteiger partial charge in [0, 0.05) is 36.8 Å². The van der Waals surface area contributed by atoms with Crippen LogP contribution in [0.1, 0.15) is 36.7 Å². The van der Waals surface area contributed by atoms with E-state index in [1.807, 2.05) is 20.8 Å². The fourth-order valence-corrected chi connectivity index (χ4v) is 4.57. The number of anilines is 1. The van der Waals surface area contributed by atoms with E-state index in [-0.39, 0.29) is 22.8 Å². The minimum atomic E-state index is -3.29. The Balaban J connectivity index is 1.64. The van der Waals surface area contributed by atoms with Crippen LogP contribution in [0.3, 0.4) is 0 Å². The van der Waals surface area contributed by atoms with Crippen LogP contribution in [0.25, 0.3) is 0 Å². The summed E-state index contributed by atoms with van der Waals surface area (Å²) in [4.78, 5) is 14.5. The molecule has 4 rings (SSSR count). The van der Waals surface area contributed by atoms with Crippen LogP contribution in [0, 0.1) is 5.92 Å². The SMILES string of the molecule is CC1C=C(S(C)(=O)=O)C=CC1Oc1cc(C(=O)Nc2cnn(C)n2)cc2c1CC(C)(C)O2. The molecule has 2 atom stereocenters. The highest BCUT2D eigenvalue weighted by molar-refractivity contribution is 7.94. The third-order valence-electron chi connectivity index (χ3n) is 5.35. The van der Waals surface area contributed by atoms with E-state index >= 15 is 0 Å². The smallest absolute Gasteiger partial charge is 0.257 e. The maximum Gasteiger partial charge on any atom is 0.257 e. The Bertz CT molecular complexity index is 1240. The average molecular weight is 459 g/mol. The number of benzene rings is 1. The Labute approximate surface area is 187 Å². The summed E-state index contributed by atoms with van der Waals surface area (Å²) < 4.78 is 36.1. The summed E-state index contributed by atoms with van der Waals surface area (Å²) in [5.74, 6) is 0.932. The van der Waals surface area contributed by atoms with E-state index in [9.17, 15) is 13.2 Å². The number of nitrogens with one attached hydrogen (secondary N) is 1. The quantitative estimate of drug-likeness (QED) is 0.733. The van der Waals surface area contributed by atoms with Gasteiger partial charge in [0.1, 0.15) is 23.2 Å². The molecule has 2 heterocycles. The van der Waals surface area contributed by atoms with Gasteiger partial charge in [0.25, 0.3) is 5.91 Å². The van der Waals surface area contributed by atoms with Crippen molar-refractivity contribution in [2.24, 2.45) is 13.0 Å². The van der Waals surface area contributed by atoms with Crippen molar-refractivity contribution in [2.45, 2.75) is 38.9 Å². The lowest BCUT2D eigenvalue weighted by Gasteiger charge is -2.25. The number of carbonyl (C=O) groups excluding carboxylic acids is 1. The second kappa shape index (κ2) is 7.77. The number of hydrogen-bond acceptors (Lipinski definition) is 7. The van der Waals surface area contributed by atoms with Crippen LogP contribution >= 0.6 is 0 Å². The highest BCUT2D eigenvalue weighted by Gasteiger charge is 2.35. The number of aryl methyl sites for hydroxylation is 1. The molecule has 1 aromatic heterocycles. The summed E-state index contributed by atoms with van der Waals surface area (Å²) in [5, 5.41) is 10.7. The number of fused-ring (bicyclic) bond motifs is 1. The Morgan fingerprint density at radius 2 is 2.09 bits per heavy atom. The fraction of sp³-hybridized carbons (Fsp3) is 0.409. The first-order valence-electron chi connectivity index (χ1n) is 10.2. The molecule has 2 aliphatic rings. The third kappa shape index (κ3) is 4.55. The van der Waals surface area contributed by atoms with Crippen LogP contribution in [-0.2, 0) is 23.3 Å². The van der Waals surface area contributed by atoms with Crippen LogP contribution < -0.4 is 14.8 Å². The molecule has 0 spiro atoms.